The monoisotopic (exact) mass is 374 g/mol. The maximum absolute atomic E-state index is 12.4. The number of amides is 2. The maximum atomic E-state index is 12.4. The lowest BCUT2D eigenvalue weighted by atomic mass is 10.1. The van der Waals surface area contributed by atoms with E-state index in [2.05, 4.69) is 15.4 Å². The second-order valence-electron chi connectivity index (χ2n) is 5.95. The van der Waals surface area contributed by atoms with Crippen LogP contribution in [0.3, 0.4) is 0 Å². The molecule has 0 aliphatic heterocycles. The van der Waals surface area contributed by atoms with Crippen molar-refractivity contribution in [2.24, 2.45) is 0 Å². The molecule has 27 heavy (non-hydrogen) atoms. The van der Waals surface area contributed by atoms with Crippen LogP contribution in [0.1, 0.15) is 29.8 Å². The number of hydrogen-bond donors (Lipinski definition) is 2. The summed E-state index contributed by atoms with van der Waals surface area (Å²) in [5, 5.41) is 5.30. The Labute approximate surface area is 156 Å². The first-order chi connectivity index (χ1) is 12.8. The summed E-state index contributed by atoms with van der Waals surface area (Å²) >= 11 is 0. The summed E-state index contributed by atoms with van der Waals surface area (Å²) in [4.78, 5) is 24.8. The van der Waals surface area contributed by atoms with Crippen molar-refractivity contribution < 1.29 is 23.1 Å². The fraction of sp³-hybridized carbons (Fsp3) is 0.200. The van der Waals surface area contributed by atoms with Crippen LogP contribution in [0.5, 0.6) is 5.75 Å². The Morgan fingerprint density at radius 1 is 1.00 bits per heavy atom. The number of ether oxygens (including phenoxy) is 1. The molecule has 0 heterocycles. The molecule has 142 valence electrons. The lowest BCUT2D eigenvalue weighted by Gasteiger charge is -2.13. The van der Waals surface area contributed by atoms with Crippen LogP contribution in [0.2, 0.25) is 0 Å². The molecule has 0 saturated heterocycles. The molecule has 0 aromatic heterocycles. The van der Waals surface area contributed by atoms with E-state index in [0.29, 0.717) is 11.1 Å². The second-order valence-corrected chi connectivity index (χ2v) is 5.95. The third-order valence-electron chi connectivity index (χ3n) is 3.36. The Morgan fingerprint density at radius 2 is 1.63 bits per heavy atom. The molecule has 0 atom stereocenters. The van der Waals surface area contributed by atoms with Gasteiger partial charge in [-0.2, -0.15) is 8.78 Å². The van der Waals surface area contributed by atoms with Gasteiger partial charge >= 0.3 is 6.61 Å². The topological polar surface area (TPSA) is 67.4 Å². The minimum absolute atomic E-state index is 0.00338. The molecule has 0 bridgehead atoms. The van der Waals surface area contributed by atoms with E-state index in [1.807, 2.05) is 0 Å². The first-order valence-electron chi connectivity index (χ1n) is 8.29. The summed E-state index contributed by atoms with van der Waals surface area (Å²) in [5.41, 5.74) is 0.986. The highest BCUT2D eigenvalue weighted by atomic mass is 19.3. The molecule has 0 spiro atoms. The van der Waals surface area contributed by atoms with Crippen LogP contribution in [0.25, 0.3) is 6.08 Å². The van der Waals surface area contributed by atoms with Crippen LogP contribution >= 0.6 is 0 Å². The highest BCUT2D eigenvalue weighted by molar-refractivity contribution is 6.05. The Morgan fingerprint density at radius 3 is 2.19 bits per heavy atom. The molecule has 2 aromatic carbocycles. The predicted molar refractivity (Wildman–Crippen MR) is 98.2 cm³/mol. The minimum Gasteiger partial charge on any atom is -0.435 e. The van der Waals surface area contributed by atoms with E-state index in [0.717, 1.165) is 0 Å². The molecule has 0 unspecified atom stereocenters. The number of nitrogens with one attached hydrogen (secondary N) is 2. The van der Waals surface area contributed by atoms with Gasteiger partial charge in [-0.05, 0) is 49.8 Å². The number of carbonyl (C=O) groups is 2. The van der Waals surface area contributed by atoms with E-state index in [9.17, 15) is 18.4 Å². The van der Waals surface area contributed by atoms with E-state index in [1.165, 1.54) is 30.3 Å². The fourth-order valence-corrected chi connectivity index (χ4v) is 2.19. The van der Waals surface area contributed by atoms with E-state index in [1.54, 1.807) is 44.2 Å². The predicted octanol–water partition coefficient (Wildman–Crippen LogP) is 3.58. The van der Waals surface area contributed by atoms with Gasteiger partial charge < -0.3 is 15.4 Å². The van der Waals surface area contributed by atoms with E-state index < -0.39 is 18.4 Å². The Balaban J connectivity index is 2.24. The maximum Gasteiger partial charge on any atom is 0.387 e. The van der Waals surface area contributed by atoms with E-state index >= 15 is 0 Å². The number of halogens is 2. The average molecular weight is 374 g/mol. The zero-order valence-electron chi connectivity index (χ0n) is 14.9. The molecule has 0 radical (unpaired) electrons. The Kier molecular flexibility index (Phi) is 7.05. The number of hydrogen-bond acceptors (Lipinski definition) is 3. The van der Waals surface area contributed by atoms with Crippen LogP contribution < -0.4 is 15.4 Å². The van der Waals surface area contributed by atoms with Crippen molar-refractivity contribution in [3.8, 4) is 5.75 Å². The molecular formula is C20H20F2N2O3. The van der Waals surface area contributed by atoms with Gasteiger partial charge in [0, 0.05) is 11.6 Å². The summed E-state index contributed by atoms with van der Waals surface area (Å²) in [5.74, 6) is -0.885. The summed E-state index contributed by atoms with van der Waals surface area (Å²) in [7, 11) is 0. The van der Waals surface area contributed by atoms with Gasteiger partial charge in [-0.15, -0.1) is 0 Å². The van der Waals surface area contributed by atoms with Gasteiger partial charge in [0.2, 0.25) is 0 Å². The fourth-order valence-electron chi connectivity index (χ4n) is 2.19. The van der Waals surface area contributed by atoms with Crippen molar-refractivity contribution in [1.82, 2.24) is 10.6 Å². The van der Waals surface area contributed by atoms with Crippen LogP contribution in [-0.4, -0.2) is 24.5 Å². The smallest absolute Gasteiger partial charge is 0.387 e. The SMILES string of the molecule is CC(C)NC(=O)C(=Cc1ccc(OC(F)F)cc1)NC(=O)c1ccccc1. The van der Waals surface area contributed by atoms with Crippen molar-refractivity contribution in [2.75, 3.05) is 0 Å². The third kappa shape index (κ3) is 6.54. The zero-order chi connectivity index (χ0) is 19.8. The van der Waals surface area contributed by atoms with Crippen molar-refractivity contribution >= 4 is 17.9 Å². The van der Waals surface area contributed by atoms with Crippen LogP contribution in [0.15, 0.2) is 60.3 Å². The quantitative estimate of drug-likeness (QED) is 0.728. The van der Waals surface area contributed by atoms with Gasteiger partial charge in [0.05, 0.1) is 0 Å². The van der Waals surface area contributed by atoms with Crippen molar-refractivity contribution in [1.29, 1.82) is 0 Å². The standard InChI is InChI=1S/C20H20F2N2O3/c1-13(2)23-19(26)17(24-18(25)15-6-4-3-5-7-15)12-14-8-10-16(11-9-14)27-20(21)22/h3-13,20H,1-2H3,(H,23,26)(H,24,25). The number of benzene rings is 2. The number of rotatable bonds is 7. The highest BCUT2D eigenvalue weighted by Gasteiger charge is 2.15. The van der Waals surface area contributed by atoms with Crippen LogP contribution in [-0.2, 0) is 4.79 Å². The normalized spacial score (nSPS) is 11.4. The van der Waals surface area contributed by atoms with Gasteiger partial charge in [-0.3, -0.25) is 9.59 Å². The van der Waals surface area contributed by atoms with Crippen molar-refractivity contribution in [3.63, 3.8) is 0 Å². The molecule has 2 rings (SSSR count). The molecular weight excluding hydrogens is 354 g/mol. The third-order valence-corrected chi connectivity index (χ3v) is 3.36. The molecule has 7 heteroatoms. The summed E-state index contributed by atoms with van der Waals surface area (Å²) in [6, 6.07) is 14.1. The van der Waals surface area contributed by atoms with Crippen LogP contribution in [0, 0.1) is 0 Å². The molecule has 0 fully saturated rings. The largest absolute Gasteiger partial charge is 0.435 e. The summed E-state index contributed by atoms with van der Waals surface area (Å²) in [6.07, 6.45) is 1.46. The highest BCUT2D eigenvalue weighted by Crippen LogP contribution is 2.16. The number of alkyl halides is 2. The zero-order valence-corrected chi connectivity index (χ0v) is 14.9. The van der Waals surface area contributed by atoms with Gasteiger partial charge in [0.15, 0.2) is 0 Å². The van der Waals surface area contributed by atoms with Gasteiger partial charge in [0.25, 0.3) is 11.8 Å². The lowest BCUT2D eigenvalue weighted by Crippen LogP contribution is -2.38. The van der Waals surface area contributed by atoms with E-state index in [-0.39, 0.29) is 17.5 Å². The summed E-state index contributed by atoms with van der Waals surface area (Å²) < 4.78 is 28.8. The average Bonchev–Trinajstić information content (AvgIpc) is 2.62. The second kappa shape index (κ2) is 9.47. The molecule has 0 aliphatic carbocycles. The number of carbonyl (C=O) groups excluding carboxylic acids is 2. The first kappa shape index (κ1) is 20.1. The Bertz CT molecular complexity index is 804. The molecule has 2 aromatic rings. The van der Waals surface area contributed by atoms with Gasteiger partial charge in [-0.25, -0.2) is 0 Å². The molecule has 2 N–H and O–H groups in total. The van der Waals surface area contributed by atoms with Crippen molar-refractivity contribution in [3.05, 3.63) is 71.4 Å². The van der Waals surface area contributed by atoms with Crippen molar-refractivity contribution in [2.45, 2.75) is 26.5 Å². The molecule has 5 nitrogen and oxygen atoms in total. The Hall–Kier alpha value is -3.22. The van der Waals surface area contributed by atoms with Crippen LogP contribution in [0.4, 0.5) is 8.78 Å². The molecule has 2 amide bonds. The minimum atomic E-state index is -2.91. The van der Waals surface area contributed by atoms with Gasteiger partial charge in [-0.1, -0.05) is 30.3 Å². The lowest BCUT2D eigenvalue weighted by molar-refractivity contribution is -0.118. The molecule has 0 aliphatic rings. The molecule has 0 saturated carbocycles. The first-order valence-corrected chi connectivity index (χ1v) is 8.29. The summed E-state index contributed by atoms with van der Waals surface area (Å²) in [6.45, 7) is 0.680. The van der Waals surface area contributed by atoms with E-state index in [4.69, 9.17) is 0 Å². The van der Waals surface area contributed by atoms with Gasteiger partial charge in [0.1, 0.15) is 11.4 Å².